The molecule has 5 nitrogen and oxygen atoms in total. The Labute approximate surface area is 193 Å². The average Bonchev–Trinajstić information content (AvgIpc) is 3.14. The maximum absolute atomic E-state index is 5.56. The summed E-state index contributed by atoms with van der Waals surface area (Å²) in [7, 11) is -0.0540. The van der Waals surface area contributed by atoms with Crippen LogP contribution in [0.15, 0.2) is 29.7 Å². The summed E-state index contributed by atoms with van der Waals surface area (Å²) >= 11 is 0. The molecule has 2 aliphatic heterocycles. The van der Waals surface area contributed by atoms with Crippen molar-refractivity contribution in [2.45, 2.75) is 119 Å². The van der Waals surface area contributed by atoms with Crippen molar-refractivity contribution in [3.63, 3.8) is 0 Å². The van der Waals surface area contributed by atoms with Crippen LogP contribution >= 0.6 is 0 Å². The van der Waals surface area contributed by atoms with Gasteiger partial charge in [0.05, 0.1) is 0 Å². The SMILES string of the molecule is CC(C)/C(=N\B1N(C(C)(C)C)C=CN1C(C)(C)C)B1N(C(C)(C)C)C=CN1C(C)(C)C. The Morgan fingerprint density at radius 2 is 0.871 bits per heavy atom. The van der Waals surface area contributed by atoms with Gasteiger partial charge in [0, 0.05) is 52.6 Å². The van der Waals surface area contributed by atoms with Gasteiger partial charge in [-0.3, -0.25) is 0 Å². The highest BCUT2D eigenvalue weighted by Crippen LogP contribution is 2.33. The number of hydrogen-bond donors (Lipinski definition) is 0. The Bertz CT molecular complexity index is 681. The molecule has 0 spiro atoms. The molecule has 2 aliphatic rings. The first-order chi connectivity index (χ1) is 13.8. The summed E-state index contributed by atoms with van der Waals surface area (Å²) in [5.74, 6) is 0.323. The van der Waals surface area contributed by atoms with Crippen molar-refractivity contribution in [2.24, 2.45) is 10.8 Å². The highest BCUT2D eigenvalue weighted by molar-refractivity contribution is 6.90. The second-order valence-electron chi connectivity index (χ2n) is 13.3. The lowest BCUT2D eigenvalue weighted by atomic mass is 9.58. The van der Waals surface area contributed by atoms with Crippen LogP contribution in [0.2, 0.25) is 0 Å². The van der Waals surface area contributed by atoms with Gasteiger partial charge < -0.3 is 24.1 Å². The van der Waals surface area contributed by atoms with E-state index in [4.69, 9.17) is 4.90 Å². The zero-order valence-electron chi connectivity index (χ0n) is 22.8. The molecule has 2 heterocycles. The fourth-order valence-corrected chi connectivity index (χ4v) is 4.25. The van der Waals surface area contributed by atoms with Crippen LogP contribution in [-0.2, 0) is 0 Å². The van der Waals surface area contributed by atoms with Gasteiger partial charge in [0.15, 0.2) is 0 Å². The normalized spacial score (nSPS) is 19.1. The number of hydrogen-bond acceptors (Lipinski definition) is 5. The molecule has 0 amide bonds. The smallest absolute Gasteiger partial charge is 0.391 e. The standard InChI is InChI=1S/C24H47B2N5/c1-19(2)20(25-28(21(3,4)5)15-16-29(25)22(6,7)8)27-26-30(23(9,10)11)17-18-31(26)24(12,13)14/h15-19H,1-14H3/b27-20+. The van der Waals surface area contributed by atoms with Gasteiger partial charge in [0.1, 0.15) is 0 Å². The fourth-order valence-electron chi connectivity index (χ4n) is 4.25. The van der Waals surface area contributed by atoms with E-state index in [1.165, 1.54) is 5.61 Å². The van der Waals surface area contributed by atoms with E-state index in [0.29, 0.717) is 5.92 Å². The molecule has 2 rings (SSSR count). The number of rotatable bonds is 3. The summed E-state index contributed by atoms with van der Waals surface area (Å²) in [4.78, 5) is 15.3. The highest BCUT2D eigenvalue weighted by Gasteiger charge is 2.49. The molecule has 0 N–H and O–H groups in total. The van der Waals surface area contributed by atoms with Crippen LogP contribution in [0.5, 0.6) is 0 Å². The van der Waals surface area contributed by atoms with E-state index in [1.807, 2.05) is 0 Å². The first kappa shape index (κ1) is 25.7. The van der Waals surface area contributed by atoms with E-state index in [1.54, 1.807) is 0 Å². The molecule has 0 bridgehead atoms. The molecule has 7 heteroatoms. The van der Waals surface area contributed by atoms with E-state index >= 15 is 0 Å². The third kappa shape index (κ3) is 5.46. The molecule has 31 heavy (non-hydrogen) atoms. The Kier molecular flexibility index (Phi) is 6.74. The van der Waals surface area contributed by atoms with Crippen molar-refractivity contribution in [3.8, 4) is 0 Å². The summed E-state index contributed by atoms with van der Waals surface area (Å²) in [5.41, 5.74) is 1.19. The van der Waals surface area contributed by atoms with Crippen LogP contribution in [0.1, 0.15) is 96.9 Å². The van der Waals surface area contributed by atoms with Gasteiger partial charge in [0.2, 0.25) is 0 Å². The topological polar surface area (TPSA) is 25.3 Å². The summed E-state index contributed by atoms with van der Waals surface area (Å²) in [6, 6.07) is 0. The van der Waals surface area contributed by atoms with Crippen LogP contribution in [0.4, 0.5) is 0 Å². The van der Waals surface area contributed by atoms with Gasteiger partial charge in [-0.15, -0.1) is 0 Å². The molecule has 0 atom stereocenters. The summed E-state index contributed by atoms with van der Waals surface area (Å²) in [5, 5.41) is 0. The van der Waals surface area contributed by atoms with Crippen LogP contribution in [0.25, 0.3) is 0 Å². The van der Waals surface area contributed by atoms with Gasteiger partial charge in [-0.1, -0.05) is 13.8 Å². The molecular weight excluding hydrogens is 380 g/mol. The Morgan fingerprint density at radius 1 is 0.581 bits per heavy atom. The molecule has 0 saturated heterocycles. The van der Waals surface area contributed by atoms with E-state index in [0.717, 1.165) is 0 Å². The summed E-state index contributed by atoms with van der Waals surface area (Å²) in [6.45, 7) is 32.0. The minimum atomic E-state index is -0.0540. The van der Waals surface area contributed by atoms with Gasteiger partial charge in [0.25, 0.3) is 0 Å². The Hall–Kier alpha value is -1.52. The molecule has 0 radical (unpaired) electrons. The second kappa shape index (κ2) is 8.12. The maximum atomic E-state index is 5.56. The van der Waals surface area contributed by atoms with Crippen molar-refractivity contribution in [3.05, 3.63) is 24.8 Å². The van der Waals surface area contributed by atoms with E-state index in [-0.39, 0.29) is 36.3 Å². The highest BCUT2D eigenvalue weighted by atomic mass is 15.4. The van der Waals surface area contributed by atoms with E-state index in [2.05, 4.69) is 141 Å². The lowest BCUT2D eigenvalue weighted by Crippen LogP contribution is -2.63. The quantitative estimate of drug-likeness (QED) is 0.441. The van der Waals surface area contributed by atoms with E-state index < -0.39 is 0 Å². The van der Waals surface area contributed by atoms with Crippen molar-refractivity contribution < 1.29 is 0 Å². The average molecular weight is 427 g/mol. The lowest BCUT2D eigenvalue weighted by molar-refractivity contribution is 0.279. The molecule has 0 aromatic rings. The third-order valence-electron chi connectivity index (χ3n) is 6.02. The lowest BCUT2D eigenvalue weighted by Gasteiger charge is -2.45. The summed E-state index contributed by atoms with van der Waals surface area (Å²) < 4.78 is 0. The zero-order chi connectivity index (χ0) is 24.2. The molecule has 0 saturated carbocycles. The van der Waals surface area contributed by atoms with Gasteiger partial charge >= 0.3 is 14.1 Å². The van der Waals surface area contributed by atoms with Crippen molar-refractivity contribution in [1.82, 2.24) is 19.2 Å². The van der Waals surface area contributed by atoms with Gasteiger partial charge in [-0.05, 0) is 89.0 Å². The maximum Gasteiger partial charge on any atom is 0.522 e. The minimum Gasteiger partial charge on any atom is -0.391 e. The monoisotopic (exact) mass is 427 g/mol. The van der Waals surface area contributed by atoms with Crippen LogP contribution in [0.3, 0.4) is 0 Å². The Morgan fingerprint density at radius 3 is 1.13 bits per heavy atom. The van der Waals surface area contributed by atoms with Crippen LogP contribution in [0, 0.1) is 5.92 Å². The van der Waals surface area contributed by atoms with Crippen molar-refractivity contribution in [1.29, 1.82) is 0 Å². The second-order valence-corrected chi connectivity index (χ2v) is 13.3. The van der Waals surface area contributed by atoms with Crippen LogP contribution in [-0.4, -0.2) is 61.1 Å². The van der Waals surface area contributed by atoms with Gasteiger partial charge in [-0.25, -0.2) is 0 Å². The minimum absolute atomic E-state index is 0.00180. The first-order valence-corrected chi connectivity index (χ1v) is 11.8. The predicted molar refractivity (Wildman–Crippen MR) is 138 cm³/mol. The molecule has 0 aromatic carbocycles. The predicted octanol–water partition coefficient (Wildman–Crippen LogP) is 5.47. The van der Waals surface area contributed by atoms with Crippen LogP contribution < -0.4 is 0 Å². The molecule has 0 unspecified atom stereocenters. The van der Waals surface area contributed by atoms with Crippen molar-refractivity contribution in [2.75, 3.05) is 0 Å². The Balaban J connectivity index is 2.64. The van der Waals surface area contributed by atoms with E-state index in [9.17, 15) is 0 Å². The molecule has 0 fully saturated rings. The number of nitrogens with zero attached hydrogens (tertiary/aromatic N) is 5. The zero-order valence-corrected chi connectivity index (χ0v) is 22.8. The van der Waals surface area contributed by atoms with Gasteiger partial charge in [-0.2, -0.15) is 0 Å². The largest absolute Gasteiger partial charge is 0.522 e. The molecular formula is C24H47B2N5. The molecule has 0 aromatic heterocycles. The van der Waals surface area contributed by atoms with Crippen molar-refractivity contribution >= 4 is 19.7 Å². The third-order valence-corrected chi connectivity index (χ3v) is 6.02. The summed E-state index contributed by atoms with van der Waals surface area (Å²) in [6.07, 6.45) is 8.94. The fraction of sp³-hybridized carbons (Fsp3) is 0.792. The molecule has 0 aliphatic carbocycles. The first-order valence-electron chi connectivity index (χ1n) is 11.8. The molecule has 174 valence electrons.